The van der Waals surface area contributed by atoms with Crippen LogP contribution < -0.4 is 9.80 Å². The van der Waals surface area contributed by atoms with E-state index in [2.05, 4.69) is 9.97 Å². The van der Waals surface area contributed by atoms with Crippen LogP contribution in [0.2, 0.25) is 0 Å². The lowest BCUT2D eigenvalue weighted by Gasteiger charge is -2.23. The minimum atomic E-state index is -0.388. The van der Waals surface area contributed by atoms with Crippen LogP contribution in [0.5, 0.6) is 0 Å². The molecule has 1 aromatic heterocycles. The molecule has 1 aromatic rings. The van der Waals surface area contributed by atoms with Crippen LogP contribution in [-0.2, 0) is 0 Å². The number of nitrogens with zero attached hydrogens (tertiary/aromatic N) is 5. The maximum Gasteiger partial charge on any atom is 0.353 e. The molecular formula is C12H21N5O2. The van der Waals surface area contributed by atoms with Crippen LogP contribution in [0.3, 0.4) is 0 Å². The first-order valence-corrected chi connectivity index (χ1v) is 6.59. The van der Waals surface area contributed by atoms with Gasteiger partial charge in [-0.05, 0) is 27.7 Å². The maximum atomic E-state index is 11.4. The predicted octanol–water partition coefficient (Wildman–Crippen LogP) is 2.08. The Morgan fingerprint density at radius 3 is 1.63 bits per heavy atom. The van der Waals surface area contributed by atoms with Crippen LogP contribution in [0.15, 0.2) is 6.33 Å². The van der Waals surface area contributed by atoms with Gasteiger partial charge < -0.3 is 9.80 Å². The highest BCUT2D eigenvalue weighted by atomic mass is 16.6. The Kier molecular flexibility index (Phi) is 5.47. The van der Waals surface area contributed by atoms with E-state index in [1.165, 1.54) is 6.33 Å². The predicted molar refractivity (Wildman–Crippen MR) is 75.8 cm³/mol. The molecule has 0 radical (unpaired) electrons. The van der Waals surface area contributed by atoms with E-state index in [0.29, 0.717) is 37.8 Å². The Balaban J connectivity index is 3.41. The number of hydrogen-bond donors (Lipinski definition) is 0. The van der Waals surface area contributed by atoms with Gasteiger partial charge in [0.25, 0.3) is 0 Å². The minimum Gasteiger partial charge on any atom is -0.351 e. The van der Waals surface area contributed by atoms with E-state index in [1.54, 1.807) is 0 Å². The molecule has 7 nitrogen and oxygen atoms in total. The standard InChI is InChI=1S/C12H21N5O2/c1-5-15(6-2)11-10(17(18)19)12(14-9-13-11)16(7-3)8-4/h9H,5-8H2,1-4H3. The fourth-order valence-electron chi connectivity index (χ4n) is 2.03. The van der Waals surface area contributed by atoms with Crippen molar-refractivity contribution in [3.05, 3.63) is 16.4 Å². The second-order valence-electron chi connectivity index (χ2n) is 3.97. The van der Waals surface area contributed by atoms with Crippen molar-refractivity contribution in [2.24, 2.45) is 0 Å². The van der Waals surface area contributed by atoms with Crippen LogP contribution in [-0.4, -0.2) is 41.1 Å². The fourth-order valence-corrected chi connectivity index (χ4v) is 2.03. The van der Waals surface area contributed by atoms with E-state index in [9.17, 15) is 10.1 Å². The van der Waals surface area contributed by atoms with Crippen molar-refractivity contribution in [3.8, 4) is 0 Å². The van der Waals surface area contributed by atoms with Crippen molar-refractivity contribution in [1.82, 2.24) is 9.97 Å². The summed E-state index contributed by atoms with van der Waals surface area (Å²) in [6, 6.07) is 0. The van der Waals surface area contributed by atoms with Gasteiger partial charge in [0.15, 0.2) is 0 Å². The van der Waals surface area contributed by atoms with Crippen molar-refractivity contribution >= 4 is 17.3 Å². The number of nitro groups is 1. The molecule has 19 heavy (non-hydrogen) atoms. The van der Waals surface area contributed by atoms with E-state index < -0.39 is 0 Å². The molecular weight excluding hydrogens is 246 g/mol. The van der Waals surface area contributed by atoms with Gasteiger partial charge in [-0.15, -0.1) is 0 Å². The van der Waals surface area contributed by atoms with Crippen LogP contribution in [0.1, 0.15) is 27.7 Å². The van der Waals surface area contributed by atoms with Gasteiger partial charge in [-0.25, -0.2) is 9.97 Å². The van der Waals surface area contributed by atoms with Gasteiger partial charge in [-0.1, -0.05) is 0 Å². The summed E-state index contributed by atoms with van der Waals surface area (Å²) in [5, 5.41) is 11.4. The molecule has 0 aliphatic heterocycles. The summed E-state index contributed by atoms with van der Waals surface area (Å²) in [6.07, 6.45) is 1.40. The number of anilines is 2. The van der Waals surface area contributed by atoms with Crippen molar-refractivity contribution in [2.45, 2.75) is 27.7 Å². The van der Waals surface area contributed by atoms with Crippen LogP contribution in [0.25, 0.3) is 0 Å². The highest BCUT2D eigenvalue weighted by molar-refractivity contribution is 5.71. The summed E-state index contributed by atoms with van der Waals surface area (Å²) in [6.45, 7) is 10.5. The van der Waals surface area contributed by atoms with E-state index >= 15 is 0 Å². The van der Waals surface area contributed by atoms with E-state index in [0.717, 1.165) is 0 Å². The molecule has 106 valence electrons. The zero-order valence-corrected chi connectivity index (χ0v) is 12.0. The molecule has 0 bridgehead atoms. The zero-order chi connectivity index (χ0) is 14.4. The molecule has 0 atom stereocenters. The van der Waals surface area contributed by atoms with E-state index in [1.807, 2.05) is 37.5 Å². The lowest BCUT2D eigenvalue weighted by molar-refractivity contribution is -0.383. The molecule has 7 heteroatoms. The molecule has 1 rings (SSSR count). The summed E-state index contributed by atoms with van der Waals surface area (Å²) in [4.78, 5) is 22.9. The summed E-state index contributed by atoms with van der Waals surface area (Å²) in [5.41, 5.74) is -0.00472. The third-order valence-electron chi connectivity index (χ3n) is 3.09. The molecule has 0 fully saturated rings. The maximum absolute atomic E-state index is 11.4. The summed E-state index contributed by atoms with van der Waals surface area (Å²) >= 11 is 0. The molecule has 0 N–H and O–H groups in total. The molecule has 0 unspecified atom stereocenters. The minimum absolute atomic E-state index is 0.00472. The summed E-state index contributed by atoms with van der Waals surface area (Å²) in [5.74, 6) is 0.791. The normalized spacial score (nSPS) is 10.3. The average molecular weight is 267 g/mol. The van der Waals surface area contributed by atoms with Crippen molar-refractivity contribution in [1.29, 1.82) is 0 Å². The topological polar surface area (TPSA) is 75.4 Å². The lowest BCUT2D eigenvalue weighted by atomic mass is 10.3. The molecule has 0 aromatic carbocycles. The highest BCUT2D eigenvalue weighted by Crippen LogP contribution is 2.33. The second kappa shape index (κ2) is 6.86. The fraction of sp³-hybridized carbons (Fsp3) is 0.667. The van der Waals surface area contributed by atoms with Crippen molar-refractivity contribution < 1.29 is 4.92 Å². The summed E-state index contributed by atoms with van der Waals surface area (Å²) < 4.78 is 0. The van der Waals surface area contributed by atoms with Gasteiger partial charge in [0.2, 0.25) is 11.6 Å². The van der Waals surface area contributed by atoms with Crippen LogP contribution in [0, 0.1) is 10.1 Å². The Morgan fingerprint density at radius 2 is 1.37 bits per heavy atom. The first-order valence-electron chi connectivity index (χ1n) is 6.59. The number of rotatable bonds is 7. The SMILES string of the molecule is CCN(CC)c1ncnc(N(CC)CC)c1[N+](=O)[O-]. The third-order valence-corrected chi connectivity index (χ3v) is 3.09. The number of aromatic nitrogens is 2. The molecule has 0 aliphatic carbocycles. The van der Waals surface area contributed by atoms with Gasteiger partial charge >= 0.3 is 5.69 Å². The Hall–Kier alpha value is -1.92. The highest BCUT2D eigenvalue weighted by Gasteiger charge is 2.28. The Labute approximate surface area is 113 Å². The van der Waals surface area contributed by atoms with Crippen LogP contribution >= 0.6 is 0 Å². The molecule has 0 amide bonds. The van der Waals surface area contributed by atoms with Gasteiger partial charge in [0.05, 0.1) is 4.92 Å². The quantitative estimate of drug-likeness (QED) is 0.556. The third kappa shape index (κ3) is 3.10. The molecule has 0 aliphatic rings. The first kappa shape index (κ1) is 15.1. The van der Waals surface area contributed by atoms with E-state index in [4.69, 9.17) is 0 Å². The molecule has 1 heterocycles. The summed E-state index contributed by atoms with van der Waals surface area (Å²) in [7, 11) is 0. The molecule has 0 spiro atoms. The van der Waals surface area contributed by atoms with Crippen molar-refractivity contribution in [2.75, 3.05) is 36.0 Å². The van der Waals surface area contributed by atoms with E-state index in [-0.39, 0.29) is 10.6 Å². The van der Waals surface area contributed by atoms with Gasteiger partial charge in [-0.2, -0.15) is 0 Å². The monoisotopic (exact) mass is 267 g/mol. The Bertz CT molecular complexity index is 400. The lowest BCUT2D eigenvalue weighted by Crippen LogP contribution is -2.28. The zero-order valence-electron chi connectivity index (χ0n) is 12.0. The van der Waals surface area contributed by atoms with Crippen molar-refractivity contribution in [3.63, 3.8) is 0 Å². The molecule has 0 saturated carbocycles. The Morgan fingerprint density at radius 1 is 1.00 bits per heavy atom. The van der Waals surface area contributed by atoms with Crippen LogP contribution in [0.4, 0.5) is 17.3 Å². The first-order chi connectivity index (χ1) is 9.10. The number of hydrogen-bond acceptors (Lipinski definition) is 6. The van der Waals surface area contributed by atoms with Gasteiger partial charge in [0.1, 0.15) is 6.33 Å². The van der Waals surface area contributed by atoms with Gasteiger partial charge in [-0.3, -0.25) is 10.1 Å². The van der Waals surface area contributed by atoms with Gasteiger partial charge in [0, 0.05) is 26.2 Å². The smallest absolute Gasteiger partial charge is 0.351 e. The average Bonchev–Trinajstić information content (AvgIpc) is 2.41. The second-order valence-corrected chi connectivity index (χ2v) is 3.97. The molecule has 0 saturated heterocycles. The largest absolute Gasteiger partial charge is 0.353 e.